The average Bonchev–Trinajstić information content (AvgIpc) is 3.06. The van der Waals surface area contributed by atoms with Crippen LogP contribution in [0.1, 0.15) is 82.1 Å². The Hall–Kier alpha value is -0.360. The summed E-state index contributed by atoms with van der Waals surface area (Å²) in [7, 11) is 2.19. The molecular formula is C37H80N8O. The molecule has 0 aromatic carbocycles. The standard InChI is InChI=1S/C12H24N2O.C10H22N2.C8H18N2.C7H16N2/c1-11(2)13-5-3-12(4-6-13)14-7-9-15-10-8-14;1-9(2)11-5-7-12(8-6-11)10(3)4;1-8(2)10-6-4-9(3)5-7-10;1-7(2)9-5-3-8-4-6-9/h11-12H,3-10H2,1-2H3;9-10H,5-8H2,1-4H3;8H,4-7H2,1-3H3;7-8H,3-6H2,1-2H3. The Bertz CT molecular complexity index is 699. The number of likely N-dealkylation sites (tertiary alicyclic amines) is 1. The van der Waals surface area contributed by atoms with E-state index < -0.39 is 0 Å². The molecule has 0 atom stereocenters. The molecule has 0 bridgehead atoms. The summed E-state index contributed by atoms with van der Waals surface area (Å²) >= 11 is 0. The van der Waals surface area contributed by atoms with Crippen molar-refractivity contribution in [1.29, 1.82) is 0 Å². The van der Waals surface area contributed by atoms with Crippen molar-refractivity contribution in [2.75, 3.05) is 125 Å². The summed E-state index contributed by atoms with van der Waals surface area (Å²) in [6.45, 7) is 44.2. The molecule has 0 aromatic rings. The zero-order valence-electron chi connectivity index (χ0n) is 32.6. The van der Waals surface area contributed by atoms with Gasteiger partial charge in [-0.05, 0) is 102 Å². The number of piperazine rings is 3. The van der Waals surface area contributed by atoms with Gasteiger partial charge in [0.25, 0.3) is 0 Å². The molecule has 5 fully saturated rings. The van der Waals surface area contributed by atoms with Crippen LogP contribution in [0.5, 0.6) is 0 Å². The predicted octanol–water partition coefficient (Wildman–Crippen LogP) is 3.55. The summed E-state index contributed by atoms with van der Waals surface area (Å²) in [6.07, 6.45) is 2.69. The summed E-state index contributed by atoms with van der Waals surface area (Å²) in [4.78, 5) is 17.7. The molecule has 46 heavy (non-hydrogen) atoms. The van der Waals surface area contributed by atoms with Gasteiger partial charge in [-0.1, -0.05) is 0 Å². The Morgan fingerprint density at radius 2 is 0.761 bits per heavy atom. The number of ether oxygens (including phenoxy) is 1. The lowest BCUT2D eigenvalue weighted by Gasteiger charge is -2.41. The van der Waals surface area contributed by atoms with Gasteiger partial charge in [0, 0.05) is 128 Å². The highest BCUT2D eigenvalue weighted by Crippen LogP contribution is 2.19. The molecule has 5 saturated heterocycles. The Balaban J connectivity index is 0.000000218. The minimum atomic E-state index is 0.718. The molecule has 274 valence electrons. The van der Waals surface area contributed by atoms with Crippen molar-refractivity contribution in [2.45, 2.75) is 118 Å². The van der Waals surface area contributed by atoms with E-state index in [1.54, 1.807) is 0 Å². The highest BCUT2D eigenvalue weighted by molar-refractivity contribution is 4.82. The predicted molar refractivity (Wildman–Crippen MR) is 199 cm³/mol. The second-order valence-corrected chi connectivity index (χ2v) is 15.6. The Morgan fingerprint density at radius 1 is 0.435 bits per heavy atom. The lowest BCUT2D eigenvalue weighted by Crippen LogP contribution is -2.50. The first-order valence-corrected chi connectivity index (χ1v) is 19.3. The zero-order valence-corrected chi connectivity index (χ0v) is 32.6. The van der Waals surface area contributed by atoms with Gasteiger partial charge in [-0.3, -0.25) is 24.5 Å². The number of nitrogens with zero attached hydrogens (tertiary/aromatic N) is 7. The molecule has 5 aliphatic heterocycles. The molecule has 5 rings (SSSR count). The molecule has 1 N–H and O–H groups in total. The fourth-order valence-electron chi connectivity index (χ4n) is 7.02. The third-order valence-corrected chi connectivity index (χ3v) is 10.8. The summed E-state index contributed by atoms with van der Waals surface area (Å²) in [5.41, 5.74) is 0. The lowest BCUT2D eigenvalue weighted by atomic mass is 10.0. The van der Waals surface area contributed by atoms with E-state index in [0.717, 1.165) is 75.6 Å². The minimum Gasteiger partial charge on any atom is -0.379 e. The van der Waals surface area contributed by atoms with E-state index >= 15 is 0 Å². The van der Waals surface area contributed by atoms with Crippen LogP contribution in [0, 0.1) is 0 Å². The molecule has 0 spiro atoms. The topological polar surface area (TPSA) is 43.9 Å². The Morgan fingerprint density at radius 3 is 1.11 bits per heavy atom. The normalized spacial score (nSPS) is 24.5. The Labute approximate surface area is 287 Å². The molecule has 0 saturated carbocycles. The van der Waals surface area contributed by atoms with Crippen molar-refractivity contribution < 1.29 is 4.74 Å². The van der Waals surface area contributed by atoms with Gasteiger partial charge in [-0.2, -0.15) is 0 Å². The first kappa shape index (κ1) is 41.8. The maximum atomic E-state index is 5.40. The van der Waals surface area contributed by atoms with Crippen LogP contribution < -0.4 is 5.32 Å². The first-order chi connectivity index (χ1) is 21.9. The maximum absolute atomic E-state index is 5.40. The minimum absolute atomic E-state index is 0.718. The molecule has 5 aliphatic rings. The average molecular weight is 653 g/mol. The molecule has 9 heteroatoms. The largest absolute Gasteiger partial charge is 0.379 e. The van der Waals surface area contributed by atoms with Gasteiger partial charge in [0.1, 0.15) is 0 Å². The van der Waals surface area contributed by atoms with Crippen molar-refractivity contribution in [3.8, 4) is 0 Å². The zero-order chi connectivity index (χ0) is 34.1. The number of piperidine rings is 1. The molecule has 0 unspecified atom stereocenters. The van der Waals surface area contributed by atoms with Crippen molar-refractivity contribution in [1.82, 2.24) is 39.6 Å². The number of likely N-dealkylation sites (N-methyl/N-ethyl adjacent to an activating group) is 1. The third kappa shape index (κ3) is 16.4. The van der Waals surface area contributed by atoms with E-state index in [4.69, 9.17) is 4.74 Å². The van der Waals surface area contributed by atoms with Crippen LogP contribution >= 0.6 is 0 Å². The maximum Gasteiger partial charge on any atom is 0.0594 e. The van der Waals surface area contributed by atoms with E-state index in [1.807, 2.05) is 0 Å². The summed E-state index contributed by atoms with van der Waals surface area (Å²) in [6, 6.07) is 4.44. The molecule has 0 aromatic heterocycles. The summed E-state index contributed by atoms with van der Waals surface area (Å²) in [5, 5.41) is 3.33. The SMILES string of the molecule is CC(C)N1CCC(N2CCOCC2)CC1.CC(C)N1CCN(C(C)C)CC1.CC(C)N1CCN(C)CC1.CC(C)N1CCNCC1. The van der Waals surface area contributed by atoms with E-state index in [0.29, 0.717) is 0 Å². The van der Waals surface area contributed by atoms with Crippen LogP contribution in [0.15, 0.2) is 0 Å². The lowest BCUT2D eigenvalue weighted by molar-refractivity contribution is -0.00175. The Kier molecular flexibility index (Phi) is 21.0. The molecule has 0 aliphatic carbocycles. The van der Waals surface area contributed by atoms with Crippen LogP contribution in [-0.4, -0.2) is 196 Å². The number of nitrogens with one attached hydrogen (secondary N) is 1. The van der Waals surface area contributed by atoms with Crippen molar-refractivity contribution in [3.63, 3.8) is 0 Å². The number of morpholine rings is 1. The van der Waals surface area contributed by atoms with Gasteiger partial charge in [-0.15, -0.1) is 0 Å². The molecule has 0 radical (unpaired) electrons. The molecular weight excluding hydrogens is 572 g/mol. The quantitative estimate of drug-likeness (QED) is 0.464. The van der Waals surface area contributed by atoms with E-state index in [-0.39, 0.29) is 0 Å². The number of rotatable bonds is 6. The first-order valence-electron chi connectivity index (χ1n) is 19.3. The monoisotopic (exact) mass is 653 g/mol. The van der Waals surface area contributed by atoms with Crippen LogP contribution in [0.4, 0.5) is 0 Å². The highest BCUT2D eigenvalue weighted by atomic mass is 16.5. The van der Waals surface area contributed by atoms with Crippen LogP contribution in [0.25, 0.3) is 0 Å². The van der Waals surface area contributed by atoms with Gasteiger partial charge in [0.15, 0.2) is 0 Å². The van der Waals surface area contributed by atoms with Crippen LogP contribution in [0.2, 0.25) is 0 Å². The molecule has 9 nitrogen and oxygen atoms in total. The number of hydrogen-bond donors (Lipinski definition) is 1. The summed E-state index contributed by atoms with van der Waals surface area (Å²) in [5.74, 6) is 0. The fraction of sp³-hybridized carbons (Fsp3) is 1.00. The summed E-state index contributed by atoms with van der Waals surface area (Å²) < 4.78 is 5.40. The third-order valence-electron chi connectivity index (χ3n) is 10.8. The van der Waals surface area contributed by atoms with Crippen molar-refractivity contribution in [2.24, 2.45) is 0 Å². The smallest absolute Gasteiger partial charge is 0.0594 e. The fourth-order valence-corrected chi connectivity index (χ4v) is 7.02. The van der Waals surface area contributed by atoms with E-state index in [1.165, 1.54) is 91.4 Å². The highest BCUT2D eigenvalue weighted by Gasteiger charge is 2.26. The molecule has 5 heterocycles. The van der Waals surface area contributed by atoms with Gasteiger partial charge in [0.2, 0.25) is 0 Å². The second-order valence-electron chi connectivity index (χ2n) is 15.6. The van der Waals surface area contributed by atoms with Crippen LogP contribution in [-0.2, 0) is 4.74 Å². The van der Waals surface area contributed by atoms with Crippen molar-refractivity contribution in [3.05, 3.63) is 0 Å². The van der Waals surface area contributed by atoms with E-state index in [2.05, 4.69) is 116 Å². The second kappa shape index (κ2) is 23.1. The van der Waals surface area contributed by atoms with Gasteiger partial charge < -0.3 is 19.9 Å². The van der Waals surface area contributed by atoms with Gasteiger partial charge >= 0.3 is 0 Å². The number of hydrogen-bond acceptors (Lipinski definition) is 9. The van der Waals surface area contributed by atoms with Gasteiger partial charge in [-0.25, -0.2) is 0 Å². The van der Waals surface area contributed by atoms with Gasteiger partial charge in [0.05, 0.1) is 13.2 Å². The molecule has 0 amide bonds. The van der Waals surface area contributed by atoms with Crippen molar-refractivity contribution >= 4 is 0 Å². The van der Waals surface area contributed by atoms with E-state index in [9.17, 15) is 0 Å². The van der Waals surface area contributed by atoms with Crippen LogP contribution in [0.3, 0.4) is 0 Å².